The van der Waals surface area contributed by atoms with Gasteiger partial charge in [0.1, 0.15) is 22.0 Å². The largest absolute Gasteiger partial charge is 0.418 e. The minimum absolute atomic E-state index is 0.0315. The van der Waals surface area contributed by atoms with Crippen molar-refractivity contribution in [3.8, 4) is 11.3 Å². The van der Waals surface area contributed by atoms with E-state index in [1.54, 1.807) is 30.3 Å². The molecule has 0 aliphatic rings. The molecule has 0 saturated heterocycles. The number of thiol groups is 1. The number of hydrogen-bond donors (Lipinski definition) is 1. The van der Waals surface area contributed by atoms with Crippen molar-refractivity contribution in [2.75, 3.05) is 0 Å². The Hall–Kier alpha value is -3.69. The number of alkyl halides is 3. The number of fused-ring (bicyclic) bond motifs is 1. The van der Waals surface area contributed by atoms with E-state index in [4.69, 9.17) is 11.6 Å². The Balaban J connectivity index is 1.59. The van der Waals surface area contributed by atoms with Gasteiger partial charge in [0, 0.05) is 21.5 Å². The minimum Gasteiger partial charge on any atom is -0.259 e. The summed E-state index contributed by atoms with van der Waals surface area (Å²) in [6.45, 7) is -0.0992. The zero-order chi connectivity index (χ0) is 27.7. The smallest absolute Gasteiger partial charge is 0.259 e. The van der Waals surface area contributed by atoms with Gasteiger partial charge in [0.15, 0.2) is 0 Å². The first kappa shape index (κ1) is 26.9. The number of benzene rings is 4. The normalized spacial score (nSPS) is 11.9. The van der Waals surface area contributed by atoms with E-state index in [-0.39, 0.29) is 28.4 Å². The highest BCUT2D eigenvalue weighted by Crippen LogP contribution is 2.38. The van der Waals surface area contributed by atoms with Gasteiger partial charge in [0.2, 0.25) is 0 Å². The molecule has 39 heavy (non-hydrogen) atoms. The van der Waals surface area contributed by atoms with Crippen molar-refractivity contribution in [3.05, 3.63) is 124 Å². The third kappa shape index (κ3) is 5.99. The first-order valence-corrected chi connectivity index (χ1v) is 13.6. The zero-order valence-electron chi connectivity index (χ0n) is 20.3. The Bertz CT molecular complexity index is 1740. The molecule has 0 spiro atoms. The molecule has 5 aromatic rings. The van der Waals surface area contributed by atoms with E-state index in [1.807, 2.05) is 24.3 Å². The van der Waals surface area contributed by atoms with Crippen LogP contribution in [0.15, 0.2) is 84.9 Å². The maximum Gasteiger partial charge on any atom is 0.418 e. The van der Waals surface area contributed by atoms with Crippen LogP contribution in [0.2, 0.25) is 5.02 Å². The molecular weight excluding hydrogens is 552 g/mol. The molecule has 0 amide bonds. The van der Waals surface area contributed by atoms with Crippen molar-refractivity contribution in [3.63, 3.8) is 0 Å². The fraction of sp³-hybridized carbons (Fsp3) is 0.138. The van der Waals surface area contributed by atoms with Crippen LogP contribution in [0.5, 0.6) is 0 Å². The highest BCUT2D eigenvalue weighted by molar-refractivity contribution is 7.71. The maximum absolute atomic E-state index is 14.7. The summed E-state index contributed by atoms with van der Waals surface area (Å²) in [6, 6.07) is 22.6. The van der Waals surface area contributed by atoms with Gasteiger partial charge in [-0.2, -0.15) is 18.3 Å². The van der Waals surface area contributed by atoms with Gasteiger partial charge >= 0.3 is 6.18 Å². The topological polar surface area (TPSA) is 52.0 Å². The van der Waals surface area contributed by atoms with Crippen LogP contribution in [0.3, 0.4) is 0 Å². The van der Waals surface area contributed by atoms with Gasteiger partial charge in [0.25, 0.3) is 0 Å². The lowest BCUT2D eigenvalue weighted by Crippen LogP contribution is -2.07. The van der Waals surface area contributed by atoms with Gasteiger partial charge in [-0.25, -0.2) is 12.8 Å². The van der Waals surface area contributed by atoms with Crippen molar-refractivity contribution in [1.29, 1.82) is 0 Å². The van der Waals surface area contributed by atoms with Crippen LogP contribution in [0.1, 0.15) is 27.8 Å². The quantitative estimate of drug-likeness (QED) is 0.165. The van der Waals surface area contributed by atoms with E-state index in [0.29, 0.717) is 28.6 Å². The Morgan fingerprint density at radius 3 is 2.26 bits per heavy atom. The van der Waals surface area contributed by atoms with Crippen molar-refractivity contribution in [2.45, 2.75) is 24.9 Å². The molecule has 0 aliphatic carbocycles. The fourth-order valence-corrected chi connectivity index (χ4v) is 5.25. The summed E-state index contributed by atoms with van der Waals surface area (Å²) in [5.74, 6) is -0.612. The molecule has 4 aromatic carbocycles. The van der Waals surface area contributed by atoms with Gasteiger partial charge in [-0.1, -0.05) is 72.3 Å². The lowest BCUT2D eigenvalue weighted by Gasteiger charge is -2.11. The molecule has 200 valence electrons. The SMILES string of the molecule is O=[SH](=O)Cc1ccc(Cc2cccc(-c3c4cccc(C(F)(F)F)c4nn3Cc3ccc(Cl)cc3F)c2)cc1. The summed E-state index contributed by atoms with van der Waals surface area (Å²) in [4.78, 5) is 0. The van der Waals surface area contributed by atoms with Crippen molar-refractivity contribution in [1.82, 2.24) is 9.78 Å². The van der Waals surface area contributed by atoms with Gasteiger partial charge in [-0.3, -0.25) is 4.68 Å². The first-order valence-electron chi connectivity index (χ1n) is 11.9. The van der Waals surface area contributed by atoms with Crippen molar-refractivity contribution in [2.24, 2.45) is 0 Å². The van der Waals surface area contributed by atoms with Gasteiger partial charge < -0.3 is 0 Å². The molecule has 0 unspecified atom stereocenters. The van der Waals surface area contributed by atoms with E-state index < -0.39 is 28.3 Å². The number of nitrogens with zero attached hydrogens (tertiary/aromatic N) is 2. The van der Waals surface area contributed by atoms with Crippen LogP contribution >= 0.6 is 11.6 Å². The predicted molar refractivity (Wildman–Crippen MR) is 144 cm³/mol. The van der Waals surface area contributed by atoms with Crippen LogP contribution in [-0.2, 0) is 35.6 Å². The average Bonchev–Trinajstić information content (AvgIpc) is 3.24. The van der Waals surface area contributed by atoms with Crippen molar-refractivity contribution < 1.29 is 26.0 Å². The van der Waals surface area contributed by atoms with E-state index in [9.17, 15) is 26.0 Å². The average molecular weight is 573 g/mol. The molecule has 4 nitrogen and oxygen atoms in total. The molecule has 0 radical (unpaired) electrons. The third-order valence-electron chi connectivity index (χ3n) is 6.35. The van der Waals surface area contributed by atoms with Crippen LogP contribution in [0.4, 0.5) is 17.6 Å². The molecule has 0 saturated carbocycles. The van der Waals surface area contributed by atoms with Gasteiger partial charge in [0.05, 0.1) is 23.6 Å². The summed E-state index contributed by atoms with van der Waals surface area (Å²) in [7, 11) is -2.52. The summed E-state index contributed by atoms with van der Waals surface area (Å²) >= 11 is 5.88. The molecule has 0 atom stereocenters. The first-order chi connectivity index (χ1) is 18.6. The number of halogens is 5. The maximum atomic E-state index is 14.7. The highest BCUT2D eigenvalue weighted by atomic mass is 35.5. The number of aromatic nitrogens is 2. The van der Waals surface area contributed by atoms with Gasteiger partial charge in [-0.05, 0) is 47.4 Å². The second-order valence-electron chi connectivity index (χ2n) is 9.13. The lowest BCUT2D eigenvalue weighted by molar-refractivity contribution is -0.136. The second-order valence-corrected chi connectivity index (χ2v) is 10.5. The van der Waals surface area contributed by atoms with Crippen LogP contribution in [0.25, 0.3) is 22.2 Å². The minimum atomic E-state index is -4.62. The molecule has 0 N–H and O–H groups in total. The second kappa shape index (κ2) is 10.8. The Labute approximate surface area is 228 Å². The number of rotatable bonds is 7. The molecule has 0 aliphatic heterocycles. The molecule has 0 fully saturated rings. The Kier molecular flexibility index (Phi) is 7.46. The molecular formula is C29H21ClF4N2O2S. The van der Waals surface area contributed by atoms with E-state index in [2.05, 4.69) is 5.10 Å². The summed E-state index contributed by atoms with van der Waals surface area (Å²) < 4.78 is 79.5. The monoisotopic (exact) mass is 572 g/mol. The summed E-state index contributed by atoms with van der Waals surface area (Å²) in [6.07, 6.45) is -4.10. The van der Waals surface area contributed by atoms with Crippen LogP contribution in [-0.4, -0.2) is 18.2 Å². The fourth-order valence-electron chi connectivity index (χ4n) is 4.59. The molecule has 10 heteroatoms. The lowest BCUT2D eigenvalue weighted by atomic mass is 9.99. The predicted octanol–water partition coefficient (Wildman–Crippen LogP) is 7.27. The van der Waals surface area contributed by atoms with Crippen molar-refractivity contribution >= 4 is 33.2 Å². The van der Waals surface area contributed by atoms with E-state index >= 15 is 0 Å². The Morgan fingerprint density at radius 1 is 0.846 bits per heavy atom. The van der Waals surface area contributed by atoms with Gasteiger partial charge in [-0.15, -0.1) is 0 Å². The van der Waals surface area contributed by atoms with E-state index in [1.165, 1.54) is 22.9 Å². The molecule has 5 rings (SSSR count). The molecule has 0 bridgehead atoms. The van der Waals surface area contributed by atoms with Crippen LogP contribution < -0.4 is 0 Å². The Morgan fingerprint density at radius 2 is 1.56 bits per heavy atom. The third-order valence-corrected chi connectivity index (χ3v) is 7.21. The number of hydrogen-bond acceptors (Lipinski definition) is 3. The highest BCUT2D eigenvalue weighted by Gasteiger charge is 2.34. The molecule has 1 heterocycles. The molecule has 1 aromatic heterocycles. The summed E-state index contributed by atoms with van der Waals surface area (Å²) in [5, 5.41) is 4.82. The summed E-state index contributed by atoms with van der Waals surface area (Å²) in [5.41, 5.74) is 2.73. The van der Waals surface area contributed by atoms with E-state index in [0.717, 1.165) is 23.3 Å². The van der Waals surface area contributed by atoms with Crippen LogP contribution in [0, 0.1) is 5.82 Å². The standard InChI is InChI=1S/C29H21ClF4N2O2S/c30-23-12-11-22(26(31)15-23)16-36-28(24-5-2-6-25(27(24)35-36)29(32,33)34)21-4-1-3-20(14-21)13-18-7-9-19(10-8-18)17-39(37)38/h1-12,14-15,39H,13,16-17H2. The zero-order valence-corrected chi connectivity index (χ0v) is 21.9.